The number of rotatable bonds is 6. The first-order chi connectivity index (χ1) is 9.28. The van der Waals surface area contributed by atoms with Crippen LogP contribution in [0.5, 0.6) is 17.2 Å². The minimum Gasteiger partial charge on any atom is -0.492 e. The fourth-order valence-corrected chi connectivity index (χ4v) is 1.57. The van der Waals surface area contributed by atoms with Gasteiger partial charge in [0.15, 0.2) is 0 Å². The predicted octanol–water partition coefficient (Wildman–Crippen LogP) is 3.60. The summed E-state index contributed by atoms with van der Waals surface area (Å²) in [5.41, 5.74) is 5.83. The average molecular weight is 257 g/mol. The van der Waals surface area contributed by atoms with Crippen LogP contribution in [0.3, 0.4) is 0 Å². The van der Waals surface area contributed by atoms with Gasteiger partial charge in [0.25, 0.3) is 0 Å². The zero-order valence-electron chi connectivity index (χ0n) is 11.1. The summed E-state index contributed by atoms with van der Waals surface area (Å²) in [5.74, 6) is 2.34. The molecule has 3 nitrogen and oxygen atoms in total. The molecule has 0 saturated heterocycles. The highest BCUT2D eigenvalue weighted by molar-refractivity contribution is 5.36. The monoisotopic (exact) mass is 257 g/mol. The highest BCUT2D eigenvalue weighted by Gasteiger charge is 2.02. The van der Waals surface area contributed by atoms with Gasteiger partial charge in [-0.15, -0.1) is 0 Å². The molecule has 2 N–H and O–H groups in total. The second-order valence-corrected chi connectivity index (χ2v) is 4.37. The smallest absolute Gasteiger partial charge is 0.131 e. The van der Waals surface area contributed by atoms with Crippen molar-refractivity contribution in [2.45, 2.75) is 19.4 Å². The van der Waals surface area contributed by atoms with Gasteiger partial charge in [0.05, 0.1) is 0 Å². The summed E-state index contributed by atoms with van der Waals surface area (Å²) in [7, 11) is 0. The van der Waals surface area contributed by atoms with Crippen LogP contribution in [0.1, 0.15) is 13.3 Å². The Bertz CT molecular complexity index is 499. The van der Waals surface area contributed by atoms with Crippen molar-refractivity contribution in [1.29, 1.82) is 0 Å². The molecule has 2 aromatic rings. The van der Waals surface area contributed by atoms with Gasteiger partial charge in [-0.3, -0.25) is 0 Å². The lowest BCUT2D eigenvalue weighted by Crippen LogP contribution is -2.26. The fraction of sp³-hybridized carbons (Fsp3) is 0.250. The Labute approximate surface area is 114 Å². The summed E-state index contributed by atoms with van der Waals surface area (Å²) >= 11 is 0. The lowest BCUT2D eigenvalue weighted by molar-refractivity contribution is 0.284. The van der Waals surface area contributed by atoms with Crippen LogP contribution in [0.25, 0.3) is 0 Å². The van der Waals surface area contributed by atoms with Crippen molar-refractivity contribution in [1.82, 2.24) is 0 Å². The van der Waals surface area contributed by atoms with Crippen molar-refractivity contribution >= 4 is 0 Å². The van der Waals surface area contributed by atoms with Gasteiger partial charge in [0, 0.05) is 12.1 Å². The quantitative estimate of drug-likeness (QED) is 0.860. The van der Waals surface area contributed by atoms with Crippen molar-refractivity contribution in [2.24, 2.45) is 5.73 Å². The van der Waals surface area contributed by atoms with Gasteiger partial charge in [-0.05, 0) is 30.7 Å². The topological polar surface area (TPSA) is 44.5 Å². The van der Waals surface area contributed by atoms with E-state index in [1.54, 1.807) is 0 Å². The second-order valence-electron chi connectivity index (χ2n) is 4.37. The van der Waals surface area contributed by atoms with E-state index in [-0.39, 0.29) is 6.04 Å². The molecule has 0 amide bonds. The zero-order valence-corrected chi connectivity index (χ0v) is 11.1. The molecule has 2 aromatic carbocycles. The van der Waals surface area contributed by atoms with Gasteiger partial charge in [-0.1, -0.05) is 31.2 Å². The van der Waals surface area contributed by atoms with Crippen molar-refractivity contribution < 1.29 is 9.47 Å². The van der Waals surface area contributed by atoms with E-state index in [2.05, 4.69) is 0 Å². The second kappa shape index (κ2) is 6.81. The van der Waals surface area contributed by atoms with Gasteiger partial charge in [-0.2, -0.15) is 0 Å². The highest BCUT2D eigenvalue weighted by Crippen LogP contribution is 2.24. The SMILES string of the molecule is CCC(N)COc1cccc(Oc2ccccc2)c1. The largest absolute Gasteiger partial charge is 0.492 e. The molecule has 1 atom stereocenters. The molecule has 0 bridgehead atoms. The van der Waals surface area contributed by atoms with E-state index in [9.17, 15) is 0 Å². The number of ether oxygens (including phenoxy) is 2. The Morgan fingerprint density at radius 2 is 1.63 bits per heavy atom. The molecule has 0 aliphatic carbocycles. The van der Waals surface area contributed by atoms with Crippen molar-refractivity contribution in [3.63, 3.8) is 0 Å². The molecule has 0 aliphatic rings. The third-order valence-corrected chi connectivity index (χ3v) is 2.77. The molecule has 0 aromatic heterocycles. The van der Waals surface area contributed by atoms with Gasteiger partial charge < -0.3 is 15.2 Å². The van der Waals surface area contributed by atoms with E-state index >= 15 is 0 Å². The molecule has 2 rings (SSSR count). The standard InChI is InChI=1S/C16H19NO2/c1-2-13(17)12-18-15-9-6-10-16(11-15)19-14-7-4-3-5-8-14/h3-11,13H,2,12,17H2,1H3. The minimum absolute atomic E-state index is 0.0682. The molecule has 0 radical (unpaired) electrons. The van der Waals surface area contributed by atoms with Crippen LogP contribution in [0.4, 0.5) is 0 Å². The van der Waals surface area contributed by atoms with E-state index in [0.717, 1.165) is 23.7 Å². The van der Waals surface area contributed by atoms with Crippen LogP contribution in [0.2, 0.25) is 0 Å². The molecule has 0 fully saturated rings. The predicted molar refractivity (Wildman–Crippen MR) is 76.7 cm³/mol. The van der Waals surface area contributed by atoms with Gasteiger partial charge >= 0.3 is 0 Å². The zero-order chi connectivity index (χ0) is 13.5. The molecule has 0 aliphatic heterocycles. The minimum atomic E-state index is 0.0682. The van der Waals surface area contributed by atoms with E-state index < -0.39 is 0 Å². The number of benzene rings is 2. The maximum atomic E-state index is 5.83. The van der Waals surface area contributed by atoms with Crippen LogP contribution in [-0.4, -0.2) is 12.6 Å². The molecule has 19 heavy (non-hydrogen) atoms. The molecule has 0 spiro atoms. The number of hydrogen-bond donors (Lipinski definition) is 1. The first-order valence-electron chi connectivity index (χ1n) is 6.49. The summed E-state index contributed by atoms with van der Waals surface area (Å²) in [6, 6.07) is 17.3. The average Bonchev–Trinajstić information content (AvgIpc) is 2.46. The molecule has 3 heteroatoms. The lowest BCUT2D eigenvalue weighted by atomic mass is 10.2. The van der Waals surface area contributed by atoms with Crippen molar-refractivity contribution in [2.75, 3.05) is 6.61 Å². The number of nitrogens with two attached hydrogens (primary N) is 1. The Kier molecular flexibility index (Phi) is 4.81. The van der Waals surface area contributed by atoms with Crippen LogP contribution >= 0.6 is 0 Å². The highest BCUT2D eigenvalue weighted by atomic mass is 16.5. The van der Waals surface area contributed by atoms with Crippen LogP contribution in [0, 0.1) is 0 Å². The van der Waals surface area contributed by atoms with Gasteiger partial charge in [0.1, 0.15) is 23.9 Å². The van der Waals surface area contributed by atoms with E-state index in [4.69, 9.17) is 15.2 Å². The van der Waals surface area contributed by atoms with E-state index in [0.29, 0.717) is 6.61 Å². The Morgan fingerprint density at radius 1 is 0.947 bits per heavy atom. The Hall–Kier alpha value is -2.00. The van der Waals surface area contributed by atoms with Crippen LogP contribution < -0.4 is 15.2 Å². The summed E-state index contributed by atoms with van der Waals surface area (Å²) in [4.78, 5) is 0. The van der Waals surface area contributed by atoms with Crippen LogP contribution in [0.15, 0.2) is 54.6 Å². The first-order valence-corrected chi connectivity index (χ1v) is 6.49. The third kappa shape index (κ3) is 4.30. The Balaban J connectivity index is 1.99. The summed E-state index contributed by atoms with van der Waals surface area (Å²) in [6.45, 7) is 2.56. The number of hydrogen-bond acceptors (Lipinski definition) is 3. The van der Waals surface area contributed by atoms with Crippen molar-refractivity contribution in [3.8, 4) is 17.2 Å². The molecule has 1 unspecified atom stereocenters. The number of para-hydroxylation sites is 1. The Morgan fingerprint density at radius 3 is 2.37 bits per heavy atom. The normalized spacial score (nSPS) is 11.9. The summed E-state index contributed by atoms with van der Waals surface area (Å²) < 4.78 is 11.4. The van der Waals surface area contributed by atoms with E-state index in [1.807, 2.05) is 61.5 Å². The lowest BCUT2D eigenvalue weighted by Gasteiger charge is -2.12. The molecular weight excluding hydrogens is 238 g/mol. The fourth-order valence-electron chi connectivity index (χ4n) is 1.57. The molecule has 0 heterocycles. The van der Waals surface area contributed by atoms with E-state index in [1.165, 1.54) is 0 Å². The maximum absolute atomic E-state index is 5.83. The summed E-state index contributed by atoms with van der Waals surface area (Å²) in [5, 5.41) is 0. The molecular formula is C16H19NO2. The van der Waals surface area contributed by atoms with Crippen molar-refractivity contribution in [3.05, 3.63) is 54.6 Å². The van der Waals surface area contributed by atoms with Gasteiger partial charge in [-0.25, -0.2) is 0 Å². The molecule has 0 saturated carbocycles. The van der Waals surface area contributed by atoms with Crippen LogP contribution in [-0.2, 0) is 0 Å². The van der Waals surface area contributed by atoms with Gasteiger partial charge in [0.2, 0.25) is 0 Å². The maximum Gasteiger partial charge on any atom is 0.131 e. The first kappa shape index (κ1) is 13.4. The summed E-state index contributed by atoms with van der Waals surface area (Å²) in [6.07, 6.45) is 0.903. The third-order valence-electron chi connectivity index (χ3n) is 2.77. The molecule has 100 valence electrons.